The van der Waals surface area contributed by atoms with Crippen LogP contribution in [0.25, 0.3) is 16.9 Å². The van der Waals surface area contributed by atoms with E-state index < -0.39 is 36.4 Å². The van der Waals surface area contributed by atoms with Crippen molar-refractivity contribution in [3.8, 4) is 16.9 Å². The van der Waals surface area contributed by atoms with Gasteiger partial charge in [0.15, 0.2) is 17.8 Å². The van der Waals surface area contributed by atoms with Crippen LogP contribution >= 0.6 is 23.2 Å². The van der Waals surface area contributed by atoms with Crippen molar-refractivity contribution in [1.82, 2.24) is 23.9 Å². The Balaban J connectivity index is 1.78. The van der Waals surface area contributed by atoms with Crippen molar-refractivity contribution in [2.45, 2.75) is 38.4 Å². The van der Waals surface area contributed by atoms with Crippen LogP contribution < -0.4 is 5.69 Å². The molecular formula is C23H19Cl2F4N5O3. The predicted molar refractivity (Wildman–Crippen MR) is 127 cm³/mol. The van der Waals surface area contributed by atoms with Gasteiger partial charge in [0.1, 0.15) is 11.9 Å². The van der Waals surface area contributed by atoms with Crippen LogP contribution in [0.5, 0.6) is 0 Å². The second-order valence-electron chi connectivity index (χ2n) is 8.20. The van der Waals surface area contributed by atoms with Crippen molar-refractivity contribution in [2.24, 2.45) is 0 Å². The number of rotatable bonds is 7. The lowest BCUT2D eigenvalue weighted by molar-refractivity contribution is -0.207. The van der Waals surface area contributed by atoms with E-state index in [4.69, 9.17) is 23.2 Å². The van der Waals surface area contributed by atoms with Crippen LogP contribution in [0.3, 0.4) is 0 Å². The number of aliphatic hydroxyl groups excluding tert-OH is 2. The average Bonchev–Trinajstić information content (AvgIpc) is 3.36. The SMILES string of the molecule is C[C@H](O)c1nc(Cn2cc(-c3ccc(Cl)cc3)n(C[C@H](O)C(F)(F)F)c2=O)nn1-c1cc(F)cc(Cl)c1. The standard InChI is InChI=1S/C23H19Cl2F4N5O3/c1-12(35)21-30-20(31-34(21)17-7-15(25)6-16(26)8-17)11-32-9-18(13-2-4-14(24)5-3-13)33(22(32)37)10-19(36)23(27,28)29/h2-9,12,19,35-36H,10-11H2,1H3/t12-,19-/m0/s1. The molecule has 0 saturated heterocycles. The van der Waals surface area contributed by atoms with Gasteiger partial charge in [-0.15, -0.1) is 5.10 Å². The van der Waals surface area contributed by atoms with Crippen LogP contribution in [0.4, 0.5) is 17.6 Å². The van der Waals surface area contributed by atoms with Gasteiger partial charge in [-0.1, -0.05) is 35.3 Å². The fourth-order valence-electron chi connectivity index (χ4n) is 3.66. The first kappa shape index (κ1) is 26.9. The molecule has 2 aromatic carbocycles. The van der Waals surface area contributed by atoms with Gasteiger partial charge in [0, 0.05) is 16.2 Å². The topological polar surface area (TPSA) is 98.1 Å². The highest BCUT2D eigenvalue weighted by atomic mass is 35.5. The molecule has 2 atom stereocenters. The van der Waals surface area contributed by atoms with E-state index in [1.807, 2.05) is 0 Å². The van der Waals surface area contributed by atoms with Crippen molar-refractivity contribution in [1.29, 1.82) is 0 Å². The first-order valence-electron chi connectivity index (χ1n) is 10.7. The summed E-state index contributed by atoms with van der Waals surface area (Å²) in [5, 5.41) is 24.5. The summed E-state index contributed by atoms with van der Waals surface area (Å²) in [6, 6.07) is 9.65. The number of halogens is 6. The summed E-state index contributed by atoms with van der Waals surface area (Å²) >= 11 is 11.8. The maximum absolute atomic E-state index is 13.9. The predicted octanol–water partition coefficient (Wildman–Crippen LogP) is 4.37. The van der Waals surface area contributed by atoms with E-state index in [1.54, 1.807) is 0 Å². The molecule has 2 aromatic heterocycles. The van der Waals surface area contributed by atoms with Crippen LogP contribution in [0, 0.1) is 5.82 Å². The van der Waals surface area contributed by atoms with Gasteiger partial charge in [-0.05, 0) is 42.8 Å². The van der Waals surface area contributed by atoms with Gasteiger partial charge in [-0.2, -0.15) is 13.2 Å². The number of imidazole rings is 1. The molecule has 2 N–H and O–H groups in total. The lowest BCUT2D eigenvalue weighted by Gasteiger charge is -2.16. The first-order valence-corrected chi connectivity index (χ1v) is 11.5. The minimum Gasteiger partial charge on any atom is -0.385 e. The van der Waals surface area contributed by atoms with Gasteiger partial charge in [-0.3, -0.25) is 9.13 Å². The molecule has 0 spiro atoms. The molecular weight excluding hydrogens is 541 g/mol. The molecule has 8 nitrogen and oxygen atoms in total. The van der Waals surface area contributed by atoms with Crippen LogP contribution in [-0.4, -0.2) is 46.4 Å². The van der Waals surface area contributed by atoms with Crippen molar-refractivity contribution in [3.63, 3.8) is 0 Å². The van der Waals surface area contributed by atoms with Crippen molar-refractivity contribution in [3.05, 3.63) is 86.7 Å². The summed E-state index contributed by atoms with van der Waals surface area (Å²) in [5.41, 5.74) is -0.221. The molecule has 196 valence electrons. The number of nitrogens with zero attached hydrogens (tertiary/aromatic N) is 5. The first-order chi connectivity index (χ1) is 17.3. The second kappa shape index (κ2) is 10.3. The summed E-state index contributed by atoms with van der Waals surface area (Å²) in [7, 11) is 0. The van der Waals surface area contributed by atoms with Gasteiger partial charge < -0.3 is 10.2 Å². The van der Waals surface area contributed by atoms with Gasteiger partial charge >= 0.3 is 11.9 Å². The van der Waals surface area contributed by atoms with E-state index >= 15 is 0 Å². The maximum atomic E-state index is 13.9. The molecule has 0 radical (unpaired) electrons. The number of hydrogen-bond donors (Lipinski definition) is 2. The van der Waals surface area contributed by atoms with Crippen LogP contribution in [0.2, 0.25) is 10.0 Å². The van der Waals surface area contributed by atoms with Crippen molar-refractivity contribution >= 4 is 23.2 Å². The molecule has 0 fully saturated rings. The van der Waals surface area contributed by atoms with Gasteiger partial charge in [0.25, 0.3) is 0 Å². The molecule has 37 heavy (non-hydrogen) atoms. The number of alkyl halides is 3. The zero-order valence-corrected chi connectivity index (χ0v) is 20.5. The summed E-state index contributed by atoms with van der Waals surface area (Å²) in [6.07, 6.45) is -7.58. The van der Waals surface area contributed by atoms with Gasteiger partial charge in [-0.25, -0.2) is 18.9 Å². The van der Waals surface area contributed by atoms with Crippen molar-refractivity contribution < 1.29 is 27.8 Å². The van der Waals surface area contributed by atoms with Crippen LogP contribution in [0.15, 0.2) is 53.5 Å². The Hall–Kier alpha value is -3.19. The molecule has 4 rings (SSSR count). The highest BCUT2D eigenvalue weighted by Gasteiger charge is 2.39. The summed E-state index contributed by atoms with van der Waals surface area (Å²) in [5.74, 6) is -0.621. The lowest BCUT2D eigenvalue weighted by Crippen LogP contribution is -2.37. The second-order valence-corrected chi connectivity index (χ2v) is 9.07. The largest absolute Gasteiger partial charge is 0.416 e. The van der Waals surface area contributed by atoms with E-state index in [0.717, 1.165) is 25.9 Å². The molecule has 0 amide bonds. The summed E-state index contributed by atoms with van der Waals surface area (Å²) < 4.78 is 56.2. The Bertz CT molecular complexity index is 1460. The van der Waals surface area contributed by atoms with E-state index in [-0.39, 0.29) is 34.6 Å². The van der Waals surface area contributed by atoms with Crippen LogP contribution in [-0.2, 0) is 13.1 Å². The smallest absolute Gasteiger partial charge is 0.385 e. The van der Waals surface area contributed by atoms with Gasteiger partial charge in [0.2, 0.25) is 0 Å². The Morgan fingerprint density at radius 1 is 1.05 bits per heavy atom. The Morgan fingerprint density at radius 3 is 2.32 bits per heavy atom. The van der Waals surface area contributed by atoms with Gasteiger partial charge in [0.05, 0.1) is 24.5 Å². The third-order valence-electron chi connectivity index (χ3n) is 5.37. The van der Waals surface area contributed by atoms with E-state index in [0.29, 0.717) is 10.6 Å². The molecule has 0 aliphatic rings. The molecule has 4 aromatic rings. The summed E-state index contributed by atoms with van der Waals surface area (Å²) in [4.78, 5) is 17.4. The van der Waals surface area contributed by atoms with Crippen LogP contribution in [0.1, 0.15) is 24.7 Å². The van der Waals surface area contributed by atoms with E-state index in [2.05, 4.69) is 10.1 Å². The maximum Gasteiger partial charge on any atom is 0.416 e. The Morgan fingerprint density at radius 2 is 1.73 bits per heavy atom. The molecule has 0 bridgehead atoms. The normalized spacial score (nSPS) is 13.6. The number of aromatic nitrogens is 5. The molecule has 0 aliphatic carbocycles. The average molecular weight is 560 g/mol. The quantitative estimate of drug-likeness (QED) is 0.328. The Labute approximate surface area is 216 Å². The number of hydrogen-bond acceptors (Lipinski definition) is 5. The third-order valence-corrected chi connectivity index (χ3v) is 5.84. The molecule has 14 heteroatoms. The van der Waals surface area contributed by atoms with E-state index in [9.17, 15) is 32.6 Å². The summed E-state index contributed by atoms with van der Waals surface area (Å²) in [6.45, 7) is 0.0607. The molecule has 0 aliphatic heterocycles. The minimum atomic E-state index is -4.95. The highest BCUT2D eigenvalue weighted by molar-refractivity contribution is 6.31. The number of aliphatic hydroxyl groups is 2. The monoisotopic (exact) mass is 559 g/mol. The number of benzene rings is 2. The molecule has 0 saturated carbocycles. The fraction of sp³-hybridized carbons (Fsp3) is 0.261. The molecule has 2 heterocycles. The fourth-order valence-corrected chi connectivity index (χ4v) is 4.00. The van der Waals surface area contributed by atoms with Crippen molar-refractivity contribution in [2.75, 3.05) is 0 Å². The third kappa shape index (κ3) is 5.87. The van der Waals surface area contributed by atoms with E-state index in [1.165, 1.54) is 43.5 Å². The minimum absolute atomic E-state index is 0.00885. The zero-order chi connectivity index (χ0) is 27.1. The zero-order valence-electron chi connectivity index (χ0n) is 19.0. The Kier molecular flexibility index (Phi) is 7.47. The molecule has 0 unspecified atom stereocenters. The lowest BCUT2D eigenvalue weighted by atomic mass is 10.1. The highest BCUT2D eigenvalue weighted by Crippen LogP contribution is 2.26.